The molecule has 2 heterocycles. The van der Waals surface area contributed by atoms with Crippen molar-refractivity contribution in [3.8, 4) is 0 Å². The summed E-state index contributed by atoms with van der Waals surface area (Å²) in [5.74, 6) is 3.38. The lowest BCUT2D eigenvalue weighted by Crippen LogP contribution is -2.59. The van der Waals surface area contributed by atoms with Crippen molar-refractivity contribution in [1.82, 2.24) is 24.9 Å². The highest BCUT2D eigenvalue weighted by molar-refractivity contribution is 7.98. The zero-order chi connectivity index (χ0) is 19.5. The van der Waals surface area contributed by atoms with Gasteiger partial charge >= 0.3 is 0 Å². The molecule has 150 valence electrons. The number of hydrogen-bond acceptors (Lipinski definition) is 5. The van der Waals surface area contributed by atoms with E-state index in [9.17, 15) is 4.79 Å². The maximum atomic E-state index is 12.9. The average molecular weight is 400 g/mol. The molecule has 2 aromatic heterocycles. The van der Waals surface area contributed by atoms with Crippen molar-refractivity contribution in [3.05, 3.63) is 17.0 Å². The molecule has 4 saturated carbocycles. The largest absolute Gasteiger partial charge is 0.351 e. The van der Waals surface area contributed by atoms with E-state index in [-0.39, 0.29) is 11.4 Å². The van der Waals surface area contributed by atoms with Gasteiger partial charge in [-0.1, -0.05) is 11.8 Å². The number of nitrogens with zero attached hydrogens (tertiary/aromatic N) is 4. The summed E-state index contributed by atoms with van der Waals surface area (Å²) in [6, 6.07) is 0. The molecule has 6 nitrogen and oxygen atoms in total. The first-order chi connectivity index (χ1) is 13.4. The molecule has 0 aromatic carbocycles. The molecule has 1 amide bonds. The number of rotatable bonds is 5. The minimum absolute atomic E-state index is 0.0945. The van der Waals surface area contributed by atoms with Crippen molar-refractivity contribution in [2.45, 2.75) is 75.9 Å². The van der Waals surface area contributed by atoms with Gasteiger partial charge in [0.2, 0.25) is 11.1 Å². The fourth-order valence-corrected chi connectivity index (χ4v) is 6.84. The van der Waals surface area contributed by atoms with Crippen LogP contribution in [0.5, 0.6) is 0 Å². The van der Waals surface area contributed by atoms with E-state index in [1.165, 1.54) is 50.3 Å². The summed E-state index contributed by atoms with van der Waals surface area (Å²) in [5, 5.41) is 8.73. The lowest BCUT2D eigenvalue weighted by molar-refractivity contribution is -0.126. The van der Waals surface area contributed by atoms with Crippen LogP contribution in [0.15, 0.2) is 5.16 Å². The molecule has 0 unspecified atom stereocenters. The van der Waals surface area contributed by atoms with Gasteiger partial charge in [-0.3, -0.25) is 4.79 Å². The van der Waals surface area contributed by atoms with Crippen LogP contribution in [0.25, 0.3) is 5.78 Å². The summed E-state index contributed by atoms with van der Waals surface area (Å²) < 4.78 is 1.81. The maximum absolute atomic E-state index is 12.9. The third kappa shape index (κ3) is 3.11. The Bertz CT molecular complexity index is 901. The zero-order valence-corrected chi connectivity index (χ0v) is 17.8. The van der Waals surface area contributed by atoms with E-state index in [2.05, 4.69) is 20.4 Å². The Morgan fingerprint density at radius 1 is 1.14 bits per heavy atom. The molecule has 6 rings (SSSR count). The van der Waals surface area contributed by atoms with Gasteiger partial charge in [0.15, 0.2) is 0 Å². The third-order valence-electron chi connectivity index (χ3n) is 7.26. The highest BCUT2D eigenvalue weighted by Gasteiger charge is 2.51. The molecule has 1 N–H and O–H groups in total. The molecular formula is C21H29N5OS. The first-order valence-electron chi connectivity index (χ1n) is 10.5. The number of nitrogens with one attached hydrogen (secondary N) is 1. The zero-order valence-electron chi connectivity index (χ0n) is 17.0. The van der Waals surface area contributed by atoms with Crippen LogP contribution in [0.4, 0.5) is 0 Å². The number of hydrogen-bond donors (Lipinski definition) is 1. The van der Waals surface area contributed by atoms with Crippen LogP contribution in [0.2, 0.25) is 0 Å². The fourth-order valence-electron chi connectivity index (χ4n) is 6.50. The Labute approximate surface area is 170 Å². The first kappa shape index (κ1) is 18.4. The second-order valence-corrected chi connectivity index (χ2v) is 10.1. The topological polar surface area (TPSA) is 72.2 Å². The summed E-state index contributed by atoms with van der Waals surface area (Å²) in [6.07, 6.45) is 11.0. The normalized spacial score (nSPS) is 30.9. The quantitative estimate of drug-likeness (QED) is 0.780. The highest BCUT2D eigenvalue weighted by atomic mass is 32.2. The molecular weight excluding hydrogens is 370 g/mol. The van der Waals surface area contributed by atoms with E-state index in [0.29, 0.717) is 18.6 Å². The second-order valence-electron chi connectivity index (χ2n) is 9.32. The lowest BCUT2D eigenvalue weighted by Gasteiger charge is -2.56. The second kappa shape index (κ2) is 6.71. The molecule has 7 heteroatoms. The number of amides is 1. The predicted octanol–water partition coefficient (Wildman–Crippen LogP) is 3.48. The van der Waals surface area contributed by atoms with Gasteiger partial charge in [-0.15, -0.1) is 5.10 Å². The Kier molecular flexibility index (Phi) is 4.41. The molecule has 0 radical (unpaired) electrons. The van der Waals surface area contributed by atoms with Gasteiger partial charge in [0.25, 0.3) is 5.78 Å². The van der Waals surface area contributed by atoms with Crippen molar-refractivity contribution < 1.29 is 4.79 Å². The maximum Gasteiger partial charge on any atom is 0.253 e. The van der Waals surface area contributed by atoms with E-state index in [0.717, 1.165) is 39.9 Å². The van der Waals surface area contributed by atoms with Crippen LogP contribution in [-0.4, -0.2) is 37.3 Å². The molecule has 28 heavy (non-hydrogen) atoms. The van der Waals surface area contributed by atoms with Gasteiger partial charge in [0.1, 0.15) is 0 Å². The smallest absolute Gasteiger partial charge is 0.253 e. The van der Waals surface area contributed by atoms with Gasteiger partial charge in [0.05, 0.1) is 0 Å². The minimum Gasteiger partial charge on any atom is -0.351 e. The highest BCUT2D eigenvalue weighted by Crippen LogP contribution is 2.55. The van der Waals surface area contributed by atoms with Gasteiger partial charge in [-0.05, 0) is 88.4 Å². The van der Waals surface area contributed by atoms with E-state index >= 15 is 0 Å². The van der Waals surface area contributed by atoms with Crippen LogP contribution in [0.1, 0.15) is 61.9 Å². The summed E-state index contributed by atoms with van der Waals surface area (Å²) in [4.78, 5) is 21.9. The lowest BCUT2D eigenvalue weighted by atomic mass is 9.53. The van der Waals surface area contributed by atoms with Crippen molar-refractivity contribution in [3.63, 3.8) is 0 Å². The Morgan fingerprint density at radius 2 is 1.79 bits per heavy atom. The predicted molar refractivity (Wildman–Crippen MR) is 109 cm³/mol. The van der Waals surface area contributed by atoms with Crippen LogP contribution >= 0.6 is 11.8 Å². The van der Waals surface area contributed by atoms with Gasteiger partial charge in [-0.2, -0.15) is 4.98 Å². The summed E-state index contributed by atoms with van der Waals surface area (Å²) in [6.45, 7) is 4.06. The van der Waals surface area contributed by atoms with E-state index in [1.807, 2.05) is 24.6 Å². The molecule has 4 aliphatic rings. The number of carbonyl (C=O) groups excluding carboxylic acids is 1. The first-order valence-corrected chi connectivity index (χ1v) is 11.7. The fraction of sp³-hybridized carbons (Fsp3) is 0.714. The summed E-state index contributed by atoms with van der Waals surface area (Å²) in [7, 11) is 0. The summed E-state index contributed by atoms with van der Waals surface area (Å²) >= 11 is 1.52. The van der Waals surface area contributed by atoms with Crippen LogP contribution in [0.3, 0.4) is 0 Å². The monoisotopic (exact) mass is 399 g/mol. The van der Waals surface area contributed by atoms with Crippen molar-refractivity contribution >= 4 is 23.4 Å². The number of aryl methyl sites for hydroxylation is 2. The minimum atomic E-state index is 0.0945. The van der Waals surface area contributed by atoms with Crippen molar-refractivity contribution in [2.24, 2.45) is 17.8 Å². The van der Waals surface area contributed by atoms with Crippen LogP contribution in [-0.2, 0) is 11.2 Å². The molecule has 4 bridgehead atoms. The van der Waals surface area contributed by atoms with Crippen molar-refractivity contribution in [1.29, 1.82) is 0 Å². The number of carbonyl (C=O) groups is 1. The van der Waals surface area contributed by atoms with E-state index in [4.69, 9.17) is 0 Å². The van der Waals surface area contributed by atoms with E-state index in [1.54, 1.807) is 0 Å². The SMILES string of the molecule is CSc1nc2nc(C)c(CCC(=O)NC34CC5CC(CC(C5)C3)C4)c(C)n2n1. The standard InChI is InChI=1S/C21H29N5OS/c1-12-17(13(2)26-19(22-12)23-20(25-26)28-3)4-5-18(27)24-21-9-14-6-15(10-21)8-16(7-14)11-21/h14-16H,4-11H2,1-3H3,(H,24,27). The molecule has 4 aliphatic carbocycles. The molecule has 0 saturated heterocycles. The van der Waals surface area contributed by atoms with Crippen LogP contribution in [0, 0.1) is 31.6 Å². The van der Waals surface area contributed by atoms with Crippen molar-refractivity contribution in [2.75, 3.05) is 6.26 Å². The van der Waals surface area contributed by atoms with Gasteiger partial charge in [-0.25, -0.2) is 9.50 Å². The summed E-state index contributed by atoms with van der Waals surface area (Å²) in [5.41, 5.74) is 3.20. The Morgan fingerprint density at radius 3 is 2.39 bits per heavy atom. The average Bonchev–Trinajstić information content (AvgIpc) is 3.03. The molecule has 0 aliphatic heterocycles. The Balaban J connectivity index is 1.29. The number of thioether (sulfide) groups is 1. The Hall–Kier alpha value is -1.63. The molecule has 2 aromatic rings. The number of fused-ring (bicyclic) bond motifs is 1. The molecule has 0 spiro atoms. The van der Waals surface area contributed by atoms with E-state index < -0.39 is 0 Å². The van der Waals surface area contributed by atoms with Crippen LogP contribution < -0.4 is 5.32 Å². The third-order valence-corrected chi connectivity index (χ3v) is 7.80. The number of aromatic nitrogens is 4. The van der Waals surface area contributed by atoms with Gasteiger partial charge < -0.3 is 5.32 Å². The molecule has 4 fully saturated rings. The van der Waals surface area contributed by atoms with Gasteiger partial charge in [0, 0.05) is 23.3 Å². The molecule has 0 atom stereocenters.